The molecular formula is C18H25N3O2. The summed E-state index contributed by atoms with van der Waals surface area (Å²) in [6, 6.07) is 5.10. The molecule has 2 atom stereocenters. The van der Waals surface area contributed by atoms with Gasteiger partial charge in [-0.1, -0.05) is 6.42 Å². The Labute approximate surface area is 136 Å². The lowest BCUT2D eigenvalue weighted by atomic mass is 9.97. The smallest absolute Gasteiger partial charge is 0.309 e. The summed E-state index contributed by atoms with van der Waals surface area (Å²) < 4.78 is 2.05. The standard InChI is InChI=1S/C18H25N3O2/c1-12-7-8-20-16(11-21-13(2)5-4-6-14(21)3)15(10-18(22)23)19-17(20)9-12/h7-9,13-14H,4-6,10-11H2,1-3H3,(H,22,23). The van der Waals surface area contributed by atoms with Crippen molar-refractivity contribution in [3.05, 3.63) is 35.3 Å². The summed E-state index contributed by atoms with van der Waals surface area (Å²) in [5, 5.41) is 9.22. The van der Waals surface area contributed by atoms with Gasteiger partial charge in [0.05, 0.1) is 17.8 Å². The van der Waals surface area contributed by atoms with Crippen molar-refractivity contribution in [2.45, 2.75) is 65.1 Å². The Morgan fingerprint density at radius 2 is 2.04 bits per heavy atom. The molecule has 2 unspecified atom stereocenters. The number of pyridine rings is 1. The second kappa shape index (κ2) is 6.32. The maximum atomic E-state index is 11.2. The largest absolute Gasteiger partial charge is 0.481 e. The van der Waals surface area contributed by atoms with Crippen molar-refractivity contribution in [1.82, 2.24) is 14.3 Å². The molecular weight excluding hydrogens is 290 g/mol. The maximum absolute atomic E-state index is 11.2. The van der Waals surface area contributed by atoms with Crippen LogP contribution in [0.3, 0.4) is 0 Å². The number of piperidine rings is 1. The molecule has 0 saturated carbocycles. The zero-order valence-corrected chi connectivity index (χ0v) is 14.1. The molecule has 0 spiro atoms. The number of aromatic nitrogens is 2. The zero-order chi connectivity index (χ0) is 16.6. The zero-order valence-electron chi connectivity index (χ0n) is 14.1. The van der Waals surface area contributed by atoms with E-state index in [1.807, 2.05) is 25.3 Å². The number of aryl methyl sites for hydroxylation is 1. The van der Waals surface area contributed by atoms with E-state index in [1.54, 1.807) is 0 Å². The highest BCUT2D eigenvalue weighted by Gasteiger charge is 2.27. The minimum Gasteiger partial charge on any atom is -0.481 e. The number of carbonyl (C=O) groups is 1. The predicted octanol–water partition coefficient (Wildman–Crippen LogP) is 3.03. The molecule has 124 valence electrons. The lowest BCUT2D eigenvalue weighted by molar-refractivity contribution is -0.136. The summed E-state index contributed by atoms with van der Waals surface area (Å²) in [5.74, 6) is -0.828. The summed E-state index contributed by atoms with van der Waals surface area (Å²) >= 11 is 0. The average Bonchev–Trinajstić information content (AvgIpc) is 2.78. The first kappa shape index (κ1) is 16.0. The van der Waals surface area contributed by atoms with Crippen molar-refractivity contribution in [3.63, 3.8) is 0 Å². The van der Waals surface area contributed by atoms with Gasteiger partial charge in [0.15, 0.2) is 0 Å². The molecule has 0 aliphatic carbocycles. The number of imidazole rings is 1. The molecule has 3 heterocycles. The van der Waals surface area contributed by atoms with Gasteiger partial charge in [0.25, 0.3) is 0 Å². The summed E-state index contributed by atoms with van der Waals surface area (Å²) in [6.07, 6.45) is 5.67. The van der Waals surface area contributed by atoms with Gasteiger partial charge in [0, 0.05) is 24.8 Å². The van der Waals surface area contributed by atoms with Gasteiger partial charge in [0.1, 0.15) is 5.65 Å². The van der Waals surface area contributed by atoms with Crippen LogP contribution in [-0.4, -0.2) is 37.4 Å². The van der Waals surface area contributed by atoms with Gasteiger partial charge >= 0.3 is 5.97 Å². The topological polar surface area (TPSA) is 57.8 Å². The van der Waals surface area contributed by atoms with E-state index in [0.717, 1.165) is 23.4 Å². The number of carboxylic acids is 1. The number of hydrogen-bond acceptors (Lipinski definition) is 3. The number of aliphatic carboxylic acids is 1. The molecule has 0 bridgehead atoms. The highest BCUT2D eigenvalue weighted by molar-refractivity contribution is 5.70. The Kier molecular flexibility index (Phi) is 4.39. The van der Waals surface area contributed by atoms with Crippen molar-refractivity contribution < 1.29 is 9.90 Å². The molecule has 1 N–H and O–H groups in total. The van der Waals surface area contributed by atoms with Crippen LogP contribution in [0, 0.1) is 6.92 Å². The van der Waals surface area contributed by atoms with Gasteiger partial charge in [-0.05, 0) is 51.3 Å². The molecule has 23 heavy (non-hydrogen) atoms. The van der Waals surface area contributed by atoms with Crippen molar-refractivity contribution in [1.29, 1.82) is 0 Å². The van der Waals surface area contributed by atoms with Crippen LogP contribution in [0.5, 0.6) is 0 Å². The number of carboxylic acid groups (broad SMARTS) is 1. The fourth-order valence-corrected chi connectivity index (χ4v) is 3.66. The van der Waals surface area contributed by atoms with E-state index in [9.17, 15) is 9.90 Å². The van der Waals surface area contributed by atoms with E-state index in [0.29, 0.717) is 17.8 Å². The minimum atomic E-state index is -0.828. The van der Waals surface area contributed by atoms with Crippen molar-refractivity contribution in [2.24, 2.45) is 0 Å². The lowest BCUT2D eigenvalue weighted by Crippen LogP contribution is -2.43. The molecule has 0 radical (unpaired) electrons. The normalized spacial score (nSPS) is 22.6. The molecule has 0 amide bonds. The Morgan fingerprint density at radius 3 is 2.70 bits per heavy atom. The van der Waals surface area contributed by atoms with Crippen LogP contribution >= 0.6 is 0 Å². The number of hydrogen-bond donors (Lipinski definition) is 1. The molecule has 1 fully saturated rings. The number of nitrogens with zero attached hydrogens (tertiary/aromatic N) is 3. The van der Waals surface area contributed by atoms with Gasteiger partial charge in [-0.25, -0.2) is 4.98 Å². The van der Waals surface area contributed by atoms with E-state index in [-0.39, 0.29) is 6.42 Å². The summed E-state index contributed by atoms with van der Waals surface area (Å²) in [7, 11) is 0. The van der Waals surface area contributed by atoms with E-state index >= 15 is 0 Å². The van der Waals surface area contributed by atoms with Gasteiger partial charge in [-0.15, -0.1) is 0 Å². The number of rotatable bonds is 4. The van der Waals surface area contributed by atoms with Crippen LogP contribution in [0.25, 0.3) is 5.65 Å². The first-order chi connectivity index (χ1) is 11.0. The summed E-state index contributed by atoms with van der Waals surface area (Å²) in [6.45, 7) is 7.31. The first-order valence-electron chi connectivity index (χ1n) is 8.39. The predicted molar refractivity (Wildman–Crippen MR) is 89.6 cm³/mol. The summed E-state index contributed by atoms with van der Waals surface area (Å²) in [5.41, 5.74) is 3.68. The minimum absolute atomic E-state index is 0.0212. The molecule has 1 saturated heterocycles. The Balaban J connectivity index is 2.01. The van der Waals surface area contributed by atoms with E-state index < -0.39 is 5.97 Å². The second-order valence-corrected chi connectivity index (χ2v) is 6.81. The lowest BCUT2D eigenvalue weighted by Gasteiger charge is -2.39. The van der Waals surface area contributed by atoms with Crippen molar-refractivity contribution >= 4 is 11.6 Å². The van der Waals surface area contributed by atoms with Crippen molar-refractivity contribution in [2.75, 3.05) is 0 Å². The molecule has 1 aliphatic rings. The van der Waals surface area contributed by atoms with Gasteiger partial charge in [0.2, 0.25) is 0 Å². The third-order valence-electron chi connectivity index (χ3n) is 4.99. The molecule has 2 aromatic heterocycles. The highest BCUT2D eigenvalue weighted by atomic mass is 16.4. The first-order valence-corrected chi connectivity index (χ1v) is 8.39. The van der Waals surface area contributed by atoms with Crippen LogP contribution in [0.2, 0.25) is 0 Å². The second-order valence-electron chi connectivity index (χ2n) is 6.81. The van der Waals surface area contributed by atoms with Gasteiger partial charge < -0.3 is 9.51 Å². The number of likely N-dealkylation sites (tertiary alicyclic amines) is 1. The monoisotopic (exact) mass is 315 g/mol. The van der Waals surface area contributed by atoms with Crippen molar-refractivity contribution in [3.8, 4) is 0 Å². The molecule has 2 aromatic rings. The molecule has 1 aliphatic heterocycles. The molecule has 5 nitrogen and oxygen atoms in total. The Hall–Kier alpha value is -1.88. The Morgan fingerprint density at radius 1 is 1.35 bits per heavy atom. The fourth-order valence-electron chi connectivity index (χ4n) is 3.66. The quantitative estimate of drug-likeness (QED) is 0.942. The van der Waals surface area contributed by atoms with Crippen LogP contribution < -0.4 is 0 Å². The average molecular weight is 315 g/mol. The van der Waals surface area contributed by atoms with Gasteiger partial charge in [-0.3, -0.25) is 9.69 Å². The molecule has 5 heteroatoms. The van der Waals surface area contributed by atoms with E-state index in [4.69, 9.17) is 0 Å². The third kappa shape index (κ3) is 3.24. The molecule has 0 aromatic carbocycles. The van der Waals surface area contributed by atoms with Crippen LogP contribution in [0.4, 0.5) is 0 Å². The van der Waals surface area contributed by atoms with Crippen LogP contribution in [0.1, 0.15) is 50.1 Å². The SMILES string of the molecule is Cc1ccn2c(CN3C(C)CCCC3C)c(CC(=O)O)nc2c1. The highest BCUT2D eigenvalue weighted by Crippen LogP contribution is 2.26. The van der Waals surface area contributed by atoms with Gasteiger partial charge in [-0.2, -0.15) is 0 Å². The molecule has 3 rings (SSSR count). The number of fused-ring (bicyclic) bond motifs is 1. The van der Waals surface area contributed by atoms with Crippen LogP contribution in [-0.2, 0) is 17.8 Å². The van der Waals surface area contributed by atoms with E-state index in [1.165, 1.54) is 19.3 Å². The maximum Gasteiger partial charge on any atom is 0.309 e. The fraction of sp³-hybridized carbons (Fsp3) is 0.556. The summed E-state index contributed by atoms with van der Waals surface area (Å²) in [4.78, 5) is 18.3. The van der Waals surface area contributed by atoms with E-state index in [2.05, 4.69) is 28.1 Å². The Bertz CT molecular complexity index is 712. The third-order valence-corrected chi connectivity index (χ3v) is 4.99. The van der Waals surface area contributed by atoms with Crippen LogP contribution in [0.15, 0.2) is 18.3 Å².